The van der Waals surface area contributed by atoms with E-state index in [1.54, 1.807) is 7.05 Å². The lowest BCUT2D eigenvalue weighted by Crippen LogP contribution is -2.30. The average molecular weight is 313 g/mol. The standard InChI is InChI=1S/C13H19N3O4S/c1-13(2)6-7-15(9-13)21(19,20)12-8-10(14-3)4-5-11(12)16(17)18/h4-5,8,14H,6-7,9H2,1-3H3. The lowest BCUT2D eigenvalue weighted by atomic mass is 9.93. The van der Waals surface area contributed by atoms with Gasteiger partial charge >= 0.3 is 0 Å². The molecule has 8 heteroatoms. The van der Waals surface area contributed by atoms with Crippen molar-refractivity contribution in [3.8, 4) is 0 Å². The number of benzene rings is 1. The Morgan fingerprint density at radius 1 is 1.38 bits per heavy atom. The second kappa shape index (κ2) is 5.27. The molecule has 7 nitrogen and oxygen atoms in total. The summed E-state index contributed by atoms with van der Waals surface area (Å²) < 4.78 is 26.7. The molecule has 0 aromatic heterocycles. The van der Waals surface area contributed by atoms with Gasteiger partial charge in [0.2, 0.25) is 10.0 Å². The van der Waals surface area contributed by atoms with Gasteiger partial charge in [-0.2, -0.15) is 4.31 Å². The highest BCUT2D eigenvalue weighted by molar-refractivity contribution is 7.89. The minimum absolute atomic E-state index is 0.109. The summed E-state index contributed by atoms with van der Waals surface area (Å²) in [6.45, 7) is 4.73. The Morgan fingerprint density at radius 3 is 2.52 bits per heavy atom. The molecule has 1 aromatic carbocycles. The molecule has 0 atom stereocenters. The van der Waals surface area contributed by atoms with Gasteiger partial charge in [-0.1, -0.05) is 13.8 Å². The summed E-state index contributed by atoms with van der Waals surface area (Å²) in [7, 11) is -2.23. The zero-order chi connectivity index (χ0) is 15.8. The highest BCUT2D eigenvalue weighted by Crippen LogP contribution is 2.36. The first kappa shape index (κ1) is 15.7. The third kappa shape index (κ3) is 3.01. The normalized spacial score (nSPS) is 18.6. The molecule has 0 spiro atoms. The molecule has 21 heavy (non-hydrogen) atoms. The number of nitrogens with one attached hydrogen (secondary N) is 1. The maximum atomic E-state index is 12.7. The molecule has 116 valence electrons. The second-order valence-electron chi connectivity index (χ2n) is 5.94. The predicted octanol–water partition coefficient (Wildman–Crippen LogP) is 2.06. The van der Waals surface area contributed by atoms with E-state index in [9.17, 15) is 18.5 Å². The van der Waals surface area contributed by atoms with Crippen molar-refractivity contribution in [2.75, 3.05) is 25.5 Å². The Balaban J connectivity index is 2.51. The van der Waals surface area contributed by atoms with E-state index in [1.807, 2.05) is 13.8 Å². The zero-order valence-corrected chi connectivity index (χ0v) is 13.1. The van der Waals surface area contributed by atoms with Crippen LogP contribution in [0.2, 0.25) is 0 Å². The summed E-state index contributed by atoms with van der Waals surface area (Å²) >= 11 is 0. The first-order valence-electron chi connectivity index (χ1n) is 6.64. The number of rotatable bonds is 4. The minimum Gasteiger partial charge on any atom is -0.388 e. The first-order chi connectivity index (χ1) is 9.67. The maximum Gasteiger partial charge on any atom is 0.289 e. The topological polar surface area (TPSA) is 92.5 Å². The fourth-order valence-electron chi connectivity index (χ4n) is 2.43. The SMILES string of the molecule is CNc1ccc([N+](=O)[O-])c(S(=O)(=O)N2CCC(C)(C)C2)c1. The lowest BCUT2D eigenvalue weighted by Gasteiger charge is -2.20. The summed E-state index contributed by atoms with van der Waals surface area (Å²) in [5, 5.41) is 13.9. The largest absolute Gasteiger partial charge is 0.388 e. The van der Waals surface area contributed by atoms with Gasteiger partial charge in [-0.15, -0.1) is 0 Å². The Kier molecular flexibility index (Phi) is 3.94. The van der Waals surface area contributed by atoms with E-state index in [0.29, 0.717) is 18.8 Å². The number of sulfonamides is 1. The molecule has 1 saturated heterocycles. The van der Waals surface area contributed by atoms with Crippen molar-refractivity contribution in [1.29, 1.82) is 0 Å². The van der Waals surface area contributed by atoms with Crippen LogP contribution in [0.3, 0.4) is 0 Å². The third-order valence-corrected chi connectivity index (χ3v) is 5.58. The fraction of sp³-hybridized carbons (Fsp3) is 0.538. The van der Waals surface area contributed by atoms with Crippen molar-refractivity contribution in [1.82, 2.24) is 4.31 Å². The minimum atomic E-state index is -3.87. The van der Waals surface area contributed by atoms with Crippen LogP contribution < -0.4 is 5.32 Å². The summed E-state index contributed by atoms with van der Waals surface area (Å²) in [4.78, 5) is 10.2. The van der Waals surface area contributed by atoms with Crippen LogP contribution in [0.4, 0.5) is 11.4 Å². The summed E-state index contributed by atoms with van der Waals surface area (Å²) in [5.74, 6) is 0. The van der Waals surface area contributed by atoms with Crippen LogP contribution in [0.1, 0.15) is 20.3 Å². The van der Waals surface area contributed by atoms with Gasteiger partial charge in [0.25, 0.3) is 5.69 Å². The number of nitro groups is 1. The Labute approximate surface area is 124 Å². The Morgan fingerprint density at radius 2 is 2.05 bits per heavy atom. The molecule has 0 bridgehead atoms. The van der Waals surface area contributed by atoms with Crippen molar-refractivity contribution >= 4 is 21.4 Å². The molecule has 0 aliphatic carbocycles. The molecule has 0 amide bonds. The summed E-state index contributed by atoms with van der Waals surface area (Å²) in [5.41, 5.74) is 0.0268. The summed E-state index contributed by atoms with van der Waals surface area (Å²) in [6, 6.07) is 4.03. The van der Waals surface area contributed by atoms with Crippen LogP contribution in [0.15, 0.2) is 23.1 Å². The van der Waals surface area contributed by atoms with Gasteiger partial charge in [-0.3, -0.25) is 10.1 Å². The molecule has 0 unspecified atom stereocenters. The van der Waals surface area contributed by atoms with Crippen molar-refractivity contribution in [2.45, 2.75) is 25.2 Å². The summed E-state index contributed by atoms with van der Waals surface area (Å²) in [6.07, 6.45) is 0.742. The number of nitrogens with zero attached hydrogens (tertiary/aromatic N) is 2. The van der Waals surface area contributed by atoms with E-state index in [4.69, 9.17) is 0 Å². The quantitative estimate of drug-likeness (QED) is 0.678. The molecule has 1 N–H and O–H groups in total. The van der Waals surface area contributed by atoms with Gasteiger partial charge in [-0.25, -0.2) is 8.42 Å². The number of hydrogen-bond donors (Lipinski definition) is 1. The number of nitro benzene ring substituents is 1. The number of anilines is 1. The zero-order valence-electron chi connectivity index (χ0n) is 12.3. The van der Waals surface area contributed by atoms with Gasteiger partial charge < -0.3 is 5.32 Å². The molecule has 2 rings (SSSR count). The maximum absolute atomic E-state index is 12.7. The van der Waals surface area contributed by atoms with Crippen molar-refractivity contribution < 1.29 is 13.3 Å². The van der Waals surface area contributed by atoms with Crippen LogP contribution in [0, 0.1) is 15.5 Å². The van der Waals surface area contributed by atoms with Crippen LogP contribution in [0.5, 0.6) is 0 Å². The van der Waals surface area contributed by atoms with E-state index in [-0.39, 0.29) is 10.3 Å². The predicted molar refractivity (Wildman–Crippen MR) is 79.8 cm³/mol. The van der Waals surface area contributed by atoms with E-state index < -0.39 is 20.6 Å². The van der Waals surface area contributed by atoms with Crippen molar-refractivity contribution in [2.24, 2.45) is 5.41 Å². The van der Waals surface area contributed by atoms with Crippen LogP contribution in [-0.4, -0.2) is 37.8 Å². The Hall–Kier alpha value is -1.67. The van der Waals surface area contributed by atoms with Crippen molar-refractivity contribution in [3.63, 3.8) is 0 Å². The fourth-order valence-corrected chi connectivity index (χ4v) is 4.25. The van der Waals surface area contributed by atoms with E-state index >= 15 is 0 Å². The molecule has 1 heterocycles. The van der Waals surface area contributed by atoms with Gasteiger partial charge in [0.1, 0.15) is 0 Å². The molecule has 1 fully saturated rings. The van der Waals surface area contributed by atoms with Crippen LogP contribution >= 0.6 is 0 Å². The highest BCUT2D eigenvalue weighted by atomic mass is 32.2. The molecule has 1 aliphatic rings. The number of hydrogen-bond acceptors (Lipinski definition) is 5. The van der Waals surface area contributed by atoms with Crippen LogP contribution in [0.25, 0.3) is 0 Å². The van der Waals surface area contributed by atoms with Gasteiger partial charge in [0.15, 0.2) is 4.90 Å². The monoisotopic (exact) mass is 313 g/mol. The lowest BCUT2D eigenvalue weighted by molar-refractivity contribution is -0.387. The molecule has 0 radical (unpaired) electrons. The van der Waals surface area contributed by atoms with Gasteiger partial charge in [0, 0.05) is 31.9 Å². The second-order valence-corrected chi connectivity index (χ2v) is 7.85. The van der Waals surface area contributed by atoms with Gasteiger partial charge in [-0.05, 0) is 24.0 Å². The van der Waals surface area contributed by atoms with Crippen molar-refractivity contribution in [3.05, 3.63) is 28.3 Å². The third-order valence-electron chi connectivity index (χ3n) is 3.71. The smallest absolute Gasteiger partial charge is 0.289 e. The first-order valence-corrected chi connectivity index (χ1v) is 8.08. The molecule has 1 aliphatic heterocycles. The van der Waals surface area contributed by atoms with Crippen LogP contribution in [-0.2, 0) is 10.0 Å². The molecular formula is C13H19N3O4S. The highest BCUT2D eigenvalue weighted by Gasteiger charge is 2.39. The van der Waals surface area contributed by atoms with E-state index in [0.717, 1.165) is 6.42 Å². The van der Waals surface area contributed by atoms with E-state index in [2.05, 4.69) is 5.32 Å². The van der Waals surface area contributed by atoms with E-state index in [1.165, 1.54) is 22.5 Å². The van der Waals surface area contributed by atoms with Gasteiger partial charge in [0.05, 0.1) is 4.92 Å². The Bertz CT molecular complexity index is 670. The molecular weight excluding hydrogens is 294 g/mol. The molecule has 0 saturated carbocycles. The molecule has 1 aromatic rings. The average Bonchev–Trinajstić information content (AvgIpc) is 2.79.